The van der Waals surface area contributed by atoms with E-state index in [9.17, 15) is 15.2 Å². The molecule has 0 saturated carbocycles. The van der Waals surface area contributed by atoms with Gasteiger partial charge in [-0.15, -0.1) is 0 Å². The SMILES string of the molecule is N#CC(=C(O)COC(=O)Cc1ccc(Cl)cc1)c1nc2ccccc2[nH]1. The zero-order chi connectivity index (χ0) is 18.5. The van der Waals surface area contributed by atoms with Crippen LogP contribution in [0.4, 0.5) is 0 Å². The largest absolute Gasteiger partial charge is 0.507 e. The summed E-state index contributed by atoms with van der Waals surface area (Å²) < 4.78 is 5.04. The first-order valence-corrected chi connectivity index (χ1v) is 8.12. The van der Waals surface area contributed by atoms with E-state index in [1.165, 1.54) is 0 Å². The molecule has 2 aromatic carbocycles. The Hall–Kier alpha value is -3.30. The number of imidazole rings is 1. The molecule has 7 heteroatoms. The number of nitriles is 1. The van der Waals surface area contributed by atoms with E-state index in [0.717, 1.165) is 11.1 Å². The summed E-state index contributed by atoms with van der Waals surface area (Å²) in [6.07, 6.45) is 0.0387. The summed E-state index contributed by atoms with van der Waals surface area (Å²) >= 11 is 5.79. The van der Waals surface area contributed by atoms with Gasteiger partial charge in [0.2, 0.25) is 0 Å². The summed E-state index contributed by atoms with van der Waals surface area (Å²) in [5.74, 6) is -0.670. The number of H-pyrrole nitrogens is 1. The molecule has 0 unspecified atom stereocenters. The molecular formula is C19H14ClN3O3. The number of esters is 1. The van der Waals surface area contributed by atoms with Gasteiger partial charge in [0.1, 0.15) is 18.2 Å². The van der Waals surface area contributed by atoms with Crippen LogP contribution in [0.5, 0.6) is 0 Å². The molecule has 3 rings (SSSR count). The van der Waals surface area contributed by atoms with Crippen molar-refractivity contribution in [3.63, 3.8) is 0 Å². The average molecular weight is 368 g/mol. The van der Waals surface area contributed by atoms with E-state index >= 15 is 0 Å². The summed E-state index contributed by atoms with van der Waals surface area (Å²) in [7, 11) is 0. The predicted molar refractivity (Wildman–Crippen MR) is 97.4 cm³/mol. The number of ether oxygens (including phenoxy) is 1. The minimum atomic E-state index is -0.527. The highest BCUT2D eigenvalue weighted by atomic mass is 35.5. The molecule has 0 aliphatic carbocycles. The molecule has 0 amide bonds. The minimum Gasteiger partial charge on any atom is -0.507 e. The maximum Gasteiger partial charge on any atom is 0.310 e. The number of carbonyl (C=O) groups is 1. The number of hydrogen-bond donors (Lipinski definition) is 2. The van der Waals surface area contributed by atoms with Crippen molar-refractivity contribution in [2.75, 3.05) is 6.61 Å². The van der Waals surface area contributed by atoms with Gasteiger partial charge in [0, 0.05) is 5.02 Å². The van der Waals surface area contributed by atoms with Crippen molar-refractivity contribution in [2.24, 2.45) is 0 Å². The van der Waals surface area contributed by atoms with Gasteiger partial charge in [-0.2, -0.15) is 5.26 Å². The van der Waals surface area contributed by atoms with E-state index in [-0.39, 0.29) is 23.6 Å². The number of rotatable bonds is 5. The first kappa shape index (κ1) is 17.5. The third-order valence-electron chi connectivity index (χ3n) is 3.66. The molecule has 0 aliphatic heterocycles. The summed E-state index contributed by atoms with van der Waals surface area (Å²) in [6.45, 7) is -0.410. The second-order valence-electron chi connectivity index (χ2n) is 5.50. The lowest BCUT2D eigenvalue weighted by atomic mass is 10.1. The number of aromatic nitrogens is 2. The summed E-state index contributed by atoms with van der Waals surface area (Å²) in [6, 6.07) is 15.9. The smallest absolute Gasteiger partial charge is 0.310 e. The van der Waals surface area contributed by atoms with Gasteiger partial charge in [-0.25, -0.2) is 4.98 Å². The van der Waals surface area contributed by atoms with Crippen LogP contribution in [-0.4, -0.2) is 27.7 Å². The van der Waals surface area contributed by atoms with E-state index in [4.69, 9.17) is 16.3 Å². The third-order valence-corrected chi connectivity index (χ3v) is 3.91. The lowest BCUT2D eigenvalue weighted by Crippen LogP contribution is -2.11. The molecule has 26 heavy (non-hydrogen) atoms. The highest BCUT2D eigenvalue weighted by Gasteiger charge is 2.15. The van der Waals surface area contributed by atoms with Crippen LogP contribution in [-0.2, 0) is 16.0 Å². The van der Waals surface area contributed by atoms with Crippen molar-refractivity contribution in [2.45, 2.75) is 6.42 Å². The maximum atomic E-state index is 11.9. The normalized spacial score (nSPS) is 11.7. The fourth-order valence-corrected chi connectivity index (χ4v) is 2.49. The molecule has 130 valence electrons. The molecule has 1 heterocycles. The molecule has 0 spiro atoms. The van der Waals surface area contributed by atoms with Gasteiger partial charge in [-0.1, -0.05) is 35.9 Å². The van der Waals surface area contributed by atoms with E-state index < -0.39 is 12.6 Å². The van der Waals surface area contributed by atoms with Crippen LogP contribution in [0.15, 0.2) is 54.3 Å². The molecule has 0 radical (unpaired) electrons. The Morgan fingerprint density at radius 3 is 2.65 bits per heavy atom. The second kappa shape index (κ2) is 7.72. The molecule has 0 bridgehead atoms. The number of allylic oxidation sites excluding steroid dienone is 1. The molecule has 0 atom stereocenters. The second-order valence-corrected chi connectivity index (χ2v) is 5.94. The van der Waals surface area contributed by atoms with Crippen molar-refractivity contribution in [3.8, 4) is 6.07 Å². The number of nitrogens with zero attached hydrogens (tertiary/aromatic N) is 2. The Balaban J connectivity index is 1.69. The number of halogens is 1. The molecule has 0 saturated heterocycles. The van der Waals surface area contributed by atoms with Crippen molar-refractivity contribution in [3.05, 3.63) is 70.7 Å². The minimum absolute atomic E-state index is 0.0387. The standard InChI is InChI=1S/C19H14ClN3O3/c20-13-7-5-12(6-8-13)9-18(25)26-11-17(24)14(10-21)19-22-15-3-1-2-4-16(15)23-19/h1-8,24H,9,11H2,(H,22,23). The Bertz CT molecular complexity index is 983. The lowest BCUT2D eigenvalue weighted by molar-refractivity contribution is -0.142. The van der Waals surface area contributed by atoms with E-state index in [1.54, 1.807) is 30.3 Å². The average Bonchev–Trinajstić information content (AvgIpc) is 3.06. The number of aliphatic hydroxyl groups excluding tert-OH is 1. The molecule has 6 nitrogen and oxygen atoms in total. The van der Waals surface area contributed by atoms with Crippen LogP contribution in [0.2, 0.25) is 5.02 Å². The maximum absolute atomic E-state index is 11.9. The predicted octanol–water partition coefficient (Wildman–Crippen LogP) is 3.79. The summed E-state index contributed by atoms with van der Waals surface area (Å²) in [5.41, 5.74) is 2.08. The number of fused-ring (bicyclic) bond motifs is 1. The van der Waals surface area contributed by atoms with Crippen molar-refractivity contribution in [1.82, 2.24) is 9.97 Å². The number of hydrogen-bond acceptors (Lipinski definition) is 5. The van der Waals surface area contributed by atoms with Gasteiger partial charge in [0.25, 0.3) is 0 Å². The first-order valence-electron chi connectivity index (χ1n) is 7.74. The van der Waals surface area contributed by atoms with Crippen molar-refractivity contribution < 1.29 is 14.6 Å². The Morgan fingerprint density at radius 2 is 1.96 bits per heavy atom. The fraction of sp³-hybridized carbons (Fsp3) is 0.105. The number of nitrogens with one attached hydrogen (secondary N) is 1. The Morgan fingerprint density at radius 1 is 1.23 bits per heavy atom. The van der Waals surface area contributed by atoms with Crippen molar-refractivity contribution in [1.29, 1.82) is 5.26 Å². The molecular weight excluding hydrogens is 354 g/mol. The van der Waals surface area contributed by atoms with E-state index in [2.05, 4.69) is 9.97 Å². The number of benzene rings is 2. The topological polar surface area (TPSA) is 99.0 Å². The number of para-hydroxylation sites is 2. The van der Waals surface area contributed by atoms with Crippen LogP contribution in [0.25, 0.3) is 16.6 Å². The fourth-order valence-electron chi connectivity index (χ4n) is 2.37. The zero-order valence-corrected chi connectivity index (χ0v) is 14.3. The molecule has 0 aliphatic rings. The number of aromatic amines is 1. The Labute approximate surface area is 154 Å². The van der Waals surface area contributed by atoms with Crippen LogP contribution < -0.4 is 0 Å². The van der Waals surface area contributed by atoms with Gasteiger partial charge in [-0.3, -0.25) is 4.79 Å². The van der Waals surface area contributed by atoms with E-state index in [1.807, 2.05) is 24.3 Å². The molecule has 3 aromatic rings. The van der Waals surface area contributed by atoms with Gasteiger partial charge in [-0.05, 0) is 29.8 Å². The van der Waals surface area contributed by atoms with E-state index in [0.29, 0.717) is 10.5 Å². The third kappa shape index (κ3) is 4.02. The highest BCUT2D eigenvalue weighted by molar-refractivity contribution is 6.30. The number of carbonyl (C=O) groups excluding carboxylic acids is 1. The Kier molecular flexibility index (Phi) is 5.20. The van der Waals surface area contributed by atoms with Gasteiger partial charge >= 0.3 is 5.97 Å². The van der Waals surface area contributed by atoms with Crippen LogP contribution in [0, 0.1) is 11.3 Å². The summed E-state index contributed by atoms with van der Waals surface area (Å²) in [5, 5.41) is 20.0. The summed E-state index contributed by atoms with van der Waals surface area (Å²) in [4.78, 5) is 19.1. The van der Waals surface area contributed by atoms with Gasteiger partial charge in [0.15, 0.2) is 11.6 Å². The monoisotopic (exact) mass is 367 g/mol. The highest BCUT2D eigenvalue weighted by Crippen LogP contribution is 2.19. The van der Waals surface area contributed by atoms with Gasteiger partial charge in [0.05, 0.1) is 17.5 Å². The van der Waals surface area contributed by atoms with Crippen LogP contribution in [0.3, 0.4) is 0 Å². The molecule has 2 N–H and O–H groups in total. The van der Waals surface area contributed by atoms with Crippen LogP contribution in [0.1, 0.15) is 11.4 Å². The molecule has 0 fully saturated rings. The molecule has 1 aromatic heterocycles. The lowest BCUT2D eigenvalue weighted by Gasteiger charge is -2.06. The zero-order valence-electron chi connectivity index (χ0n) is 13.6. The van der Waals surface area contributed by atoms with Crippen LogP contribution >= 0.6 is 11.6 Å². The first-order chi connectivity index (χ1) is 12.6. The van der Waals surface area contributed by atoms with Crippen molar-refractivity contribution >= 4 is 34.2 Å². The number of aliphatic hydroxyl groups is 1. The quantitative estimate of drug-likeness (QED) is 0.406. The van der Waals surface area contributed by atoms with Gasteiger partial charge < -0.3 is 14.8 Å².